The van der Waals surface area contributed by atoms with E-state index >= 15 is 0 Å². The first-order valence-corrected chi connectivity index (χ1v) is 10.2. The fourth-order valence-electron chi connectivity index (χ4n) is 4.37. The summed E-state index contributed by atoms with van der Waals surface area (Å²) in [4.78, 5) is 31.3. The Morgan fingerprint density at radius 3 is 2.41 bits per heavy atom. The summed E-state index contributed by atoms with van der Waals surface area (Å²) in [6, 6.07) is 15.7. The highest BCUT2D eigenvalue weighted by atomic mass is 127. The number of carbonyl (C=O) groups is 2. The molecule has 1 aliphatic heterocycles. The Balaban J connectivity index is 0.00000245. The number of nitrogens with one attached hydrogen (secondary N) is 2. The second-order valence-electron chi connectivity index (χ2n) is 7.61. The molecule has 5 rings (SSSR count). The number of nitrogens with two attached hydrogens (primary N) is 1. The Morgan fingerprint density at radius 1 is 1.06 bits per heavy atom. The van der Waals surface area contributed by atoms with Crippen molar-refractivity contribution in [3.63, 3.8) is 0 Å². The summed E-state index contributed by atoms with van der Waals surface area (Å²) in [5.41, 5.74) is 9.42. The van der Waals surface area contributed by atoms with Gasteiger partial charge in [0.15, 0.2) is 11.8 Å². The lowest BCUT2D eigenvalue weighted by Gasteiger charge is -2.31. The first kappa shape index (κ1) is 21.9. The minimum absolute atomic E-state index is 0. The molecule has 0 radical (unpaired) electrons. The summed E-state index contributed by atoms with van der Waals surface area (Å²) >= 11 is 0. The molecule has 0 bridgehead atoms. The number of hydrogen-bond acceptors (Lipinski definition) is 6. The Labute approximate surface area is 202 Å². The van der Waals surface area contributed by atoms with Gasteiger partial charge < -0.3 is 35.0 Å². The van der Waals surface area contributed by atoms with E-state index in [9.17, 15) is 9.59 Å². The van der Waals surface area contributed by atoms with Crippen LogP contribution in [0.1, 0.15) is 39.0 Å². The molecular weight excluding hydrogens is 517 g/mol. The van der Waals surface area contributed by atoms with Crippen LogP contribution < -0.4 is 44.9 Å². The molecular formula is C24H22IN5O2. The Kier molecular flexibility index (Phi) is 5.72. The van der Waals surface area contributed by atoms with E-state index in [0.717, 1.165) is 11.5 Å². The average Bonchev–Trinajstić information content (AvgIpc) is 2.78. The molecule has 32 heavy (non-hydrogen) atoms. The van der Waals surface area contributed by atoms with Crippen LogP contribution in [0.15, 0.2) is 60.2 Å². The summed E-state index contributed by atoms with van der Waals surface area (Å²) < 4.78 is 1.97. The molecule has 0 saturated heterocycles. The highest BCUT2D eigenvalue weighted by Crippen LogP contribution is 2.39. The van der Waals surface area contributed by atoms with Crippen LogP contribution in [-0.2, 0) is 6.54 Å². The van der Waals surface area contributed by atoms with Crippen molar-refractivity contribution >= 4 is 34.6 Å². The lowest BCUT2D eigenvalue weighted by Crippen LogP contribution is -3.00. The number of aryl methyl sites for hydroxylation is 1. The maximum atomic E-state index is 13.3. The monoisotopic (exact) mass is 539 g/mol. The number of nitrogens with zero attached hydrogens (tertiary/aromatic N) is 2. The van der Waals surface area contributed by atoms with Crippen molar-refractivity contribution in [1.82, 2.24) is 4.98 Å². The molecule has 8 heteroatoms. The Bertz CT molecular complexity index is 1290. The van der Waals surface area contributed by atoms with Gasteiger partial charge in [-0.1, -0.05) is 47.4 Å². The first-order valence-electron chi connectivity index (χ1n) is 10.2. The molecule has 4 N–H and O–H groups in total. The number of ketones is 2. The van der Waals surface area contributed by atoms with Crippen molar-refractivity contribution < 1.29 is 38.1 Å². The van der Waals surface area contributed by atoms with Gasteiger partial charge in [0.05, 0.1) is 17.8 Å². The normalized spacial score (nSPS) is 16.4. The number of aromatic nitrogens is 2. The average molecular weight is 539 g/mol. The van der Waals surface area contributed by atoms with Gasteiger partial charge in [0, 0.05) is 23.7 Å². The number of para-hydroxylation sites is 1. The second kappa shape index (κ2) is 8.34. The number of hydrogen-bond donors (Lipinski definition) is 3. The maximum absolute atomic E-state index is 13.3. The van der Waals surface area contributed by atoms with Gasteiger partial charge in [-0.3, -0.25) is 14.9 Å². The maximum Gasteiger partial charge on any atom is 0.237 e. The number of anilines is 3. The summed E-state index contributed by atoms with van der Waals surface area (Å²) in [7, 11) is 0. The zero-order valence-corrected chi connectivity index (χ0v) is 19.8. The molecule has 0 fully saturated rings. The largest absolute Gasteiger partial charge is 1.00 e. The first-order chi connectivity index (χ1) is 15.0. The van der Waals surface area contributed by atoms with Crippen molar-refractivity contribution in [2.45, 2.75) is 26.4 Å². The number of fused-ring (bicyclic) bond motifs is 3. The molecule has 1 atom stereocenters. The van der Waals surface area contributed by atoms with Crippen LogP contribution in [-0.4, -0.2) is 22.6 Å². The SMILES string of the molecule is CC[n+]1c(C)nc(Nc2ccccc2)c2c1NC1C(=O)c3ccccc3C(=O)C1=C2N.[I-]. The van der Waals surface area contributed by atoms with Crippen LogP contribution in [0, 0.1) is 6.92 Å². The van der Waals surface area contributed by atoms with Gasteiger partial charge >= 0.3 is 0 Å². The van der Waals surface area contributed by atoms with E-state index in [2.05, 4.69) is 10.6 Å². The van der Waals surface area contributed by atoms with Gasteiger partial charge in [0.2, 0.25) is 23.2 Å². The zero-order valence-electron chi connectivity index (χ0n) is 17.6. The van der Waals surface area contributed by atoms with E-state index < -0.39 is 6.04 Å². The highest BCUT2D eigenvalue weighted by Gasteiger charge is 2.46. The summed E-state index contributed by atoms with van der Waals surface area (Å²) in [5.74, 6) is 1.59. The van der Waals surface area contributed by atoms with E-state index in [1.807, 2.05) is 48.7 Å². The third kappa shape index (κ3) is 3.26. The van der Waals surface area contributed by atoms with Gasteiger partial charge in [-0.2, -0.15) is 0 Å². The molecule has 0 amide bonds. The van der Waals surface area contributed by atoms with Crippen LogP contribution in [0.2, 0.25) is 0 Å². The van der Waals surface area contributed by atoms with Crippen LogP contribution in [0.3, 0.4) is 0 Å². The number of benzene rings is 2. The fraction of sp³-hybridized carbons (Fsp3) is 0.167. The van der Waals surface area contributed by atoms with Gasteiger partial charge in [0.25, 0.3) is 0 Å². The molecule has 1 unspecified atom stereocenters. The van der Waals surface area contributed by atoms with Gasteiger partial charge in [-0.15, -0.1) is 0 Å². The molecule has 0 saturated carbocycles. The van der Waals surface area contributed by atoms with E-state index in [4.69, 9.17) is 10.7 Å². The van der Waals surface area contributed by atoms with Crippen LogP contribution >= 0.6 is 0 Å². The Morgan fingerprint density at radius 2 is 1.72 bits per heavy atom. The molecule has 0 spiro atoms. The van der Waals surface area contributed by atoms with Gasteiger partial charge in [0.1, 0.15) is 5.56 Å². The third-order valence-corrected chi connectivity index (χ3v) is 5.83. The lowest BCUT2D eigenvalue weighted by molar-refractivity contribution is -0.688. The molecule has 1 aliphatic carbocycles. The number of carbonyl (C=O) groups excluding carboxylic acids is 2. The van der Waals surface area contributed by atoms with Crippen molar-refractivity contribution in [3.05, 3.63) is 82.7 Å². The quantitative estimate of drug-likeness (QED) is 0.320. The molecule has 1 aromatic heterocycles. The van der Waals surface area contributed by atoms with Crippen molar-refractivity contribution in [2.75, 3.05) is 10.6 Å². The number of rotatable bonds is 3. The smallest absolute Gasteiger partial charge is 0.237 e. The number of halogens is 1. The molecule has 2 heterocycles. The van der Waals surface area contributed by atoms with Crippen molar-refractivity contribution in [2.24, 2.45) is 5.73 Å². The molecule has 3 aromatic rings. The summed E-state index contributed by atoms with van der Waals surface area (Å²) in [6.07, 6.45) is 0. The molecule has 7 nitrogen and oxygen atoms in total. The van der Waals surface area contributed by atoms with Crippen molar-refractivity contribution in [3.8, 4) is 0 Å². The number of Topliss-reactive ketones (excluding diaryl/α,β-unsaturated/α-hetero) is 2. The van der Waals surface area contributed by atoms with E-state index in [1.54, 1.807) is 24.3 Å². The van der Waals surface area contributed by atoms with Crippen LogP contribution in [0.4, 0.5) is 17.3 Å². The van der Waals surface area contributed by atoms with E-state index in [0.29, 0.717) is 34.9 Å². The van der Waals surface area contributed by atoms with Gasteiger partial charge in [-0.25, -0.2) is 4.57 Å². The molecule has 2 aromatic carbocycles. The minimum Gasteiger partial charge on any atom is -1.00 e. The highest BCUT2D eigenvalue weighted by molar-refractivity contribution is 6.29. The van der Waals surface area contributed by atoms with E-state index in [1.165, 1.54) is 0 Å². The van der Waals surface area contributed by atoms with Crippen LogP contribution in [0.5, 0.6) is 0 Å². The minimum atomic E-state index is -0.820. The predicted molar refractivity (Wildman–Crippen MR) is 118 cm³/mol. The van der Waals surface area contributed by atoms with E-state index in [-0.39, 0.29) is 46.8 Å². The Hall–Kier alpha value is -3.27. The van der Waals surface area contributed by atoms with Crippen LogP contribution in [0.25, 0.3) is 5.70 Å². The summed E-state index contributed by atoms with van der Waals surface area (Å²) in [6.45, 7) is 4.54. The second-order valence-corrected chi connectivity index (χ2v) is 7.61. The third-order valence-electron chi connectivity index (χ3n) is 5.83. The zero-order chi connectivity index (χ0) is 21.7. The lowest BCUT2D eigenvalue weighted by atomic mass is 9.79. The van der Waals surface area contributed by atoms with Gasteiger partial charge in [-0.05, 0) is 19.1 Å². The standard InChI is InChI=1S/C24H21N5O2.HI/c1-3-29-13(2)26-23(27-14-9-5-4-6-10-14)18-19(25)17-20(28-24(18)29)22(31)16-12-8-7-11-15(16)21(17)30;/h4-12,20H,3H2,1-2H3,(H3,25,27,28,30);1H. The molecule has 162 valence electrons. The topological polar surface area (TPSA) is 101 Å². The fourth-order valence-corrected chi connectivity index (χ4v) is 4.37. The summed E-state index contributed by atoms with van der Waals surface area (Å²) in [5, 5.41) is 6.63. The molecule has 2 aliphatic rings. The van der Waals surface area contributed by atoms with Crippen molar-refractivity contribution in [1.29, 1.82) is 0 Å². The predicted octanol–water partition coefficient (Wildman–Crippen LogP) is -0.0119.